The predicted molar refractivity (Wildman–Crippen MR) is 53.6 cm³/mol. The van der Waals surface area contributed by atoms with Crippen LogP contribution in [-0.4, -0.2) is 36.7 Å². The van der Waals surface area contributed by atoms with Crippen molar-refractivity contribution in [1.29, 1.82) is 0 Å². The Kier molecular flexibility index (Phi) is 8.59. The van der Waals surface area contributed by atoms with Crippen LogP contribution in [0.4, 0.5) is 0 Å². The molecule has 0 aliphatic carbocycles. The molecule has 0 bridgehead atoms. The number of hydrogen-bond acceptors (Lipinski definition) is 4. The second-order valence-corrected chi connectivity index (χ2v) is 6.51. The Morgan fingerprint density at radius 1 is 1.17 bits per heavy atom. The minimum absolute atomic E-state index is 0.614. The first-order valence-electron chi connectivity index (χ1n) is 3.90. The van der Waals surface area contributed by atoms with Crippen LogP contribution in [0.1, 0.15) is 26.7 Å². The van der Waals surface area contributed by atoms with Gasteiger partial charge in [0.2, 0.25) is 0 Å². The molecule has 0 saturated carbocycles. The average molecular weight is 319 g/mol. The average Bonchev–Trinajstić information content (AvgIpc) is 2.11. The van der Waals surface area contributed by atoms with Crippen molar-refractivity contribution < 1.29 is 11.8 Å². The molecular formula is C6H14O3PSSb. The molecule has 0 aromatic heterocycles. The van der Waals surface area contributed by atoms with Crippen LogP contribution in [0.2, 0.25) is 0 Å². The molecule has 0 fully saturated rings. The summed E-state index contributed by atoms with van der Waals surface area (Å²) in [6.45, 7) is 2.90. The van der Waals surface area contributed by atoms with Gasteiger partial charge in [-0.2, -0.15) is 0 Å². The van der Waals surface area contributed by atoms with E-state index in [1.807, 2.05) is 13.8 Å². The van der Waals surface area contributed by atoms with Gasteiger partial charge in [-0.15, -0.1) is 0 Å². The van der Waals surface area contributed by atoms with E-state index in [-0.39, 0.29) is 0 Å². The molecule has 0 saturated heterocycles. The fraction of sp³-hybridized carbons (Fsp3) is 1.00. The number of rotatable bonds is 7. The van der Waals surface area contributed by atoms with E-state index >= 15 is 0 Å². The van der Waals surface area contributed by atoms with E-state index in [1.165, 1.54) is 23.4 Å². The summed E-state index contributed by atoms with van der Waals surface area (Å²) < 4.78 is 15.7. The van der Waals surface area contributed by atoms with Crippen molar-refractivity contribution in [3.63, 3.8) is 0 Å². The molecule has 0 aliphatic heterocycles. The van der Waals surface area contributed by atoms with E-state index in [9.17, 15) is 0 Å². The van der Waals surface area contributed by atoms with Crippen LogP contribution in [0.3, 0.4) is 0 Å². The Balaban J connectivity index is 3.79. The van der Waals surface area contributed by atoms with Crippen molar-refractivity contribution in [2.45, 2.75) is 26.7 Å². The molecule has 0 aromatic carbocycles. The van der Waals surface area contributed by atoms with Crippen molar-refractivity contribution in [2.75, 3.05) is 13.2 Å². The van der Waals surface area contributed by atoms with Gasteiger partial charge in [-0.3, -0.25) is 0 Å². The van der Waals surface area contributed by atoms with E-state index in [2.05, 4.69) is 0 Å². The van der Waals surface area contributed by atoms with Crippen molar-refractivity contribution in [2.24, 2.45) is 0 Å². The third-order valence-electron chi connectivity index (χ3n) is 1.01. The third-order valence-corrected chi connectivity index (χ3v) is 5.89. The van der Waals surface area contributed by atoms with Crippen LogP contribution in [0.15, 0.2) is 0 Å². The van der Waals surface area contributed by atoms with Crippen LogP contribution in [0.25, 0.3) is 0 Å². The summed E-state index contributed by atoms with van der Waals surface area (Å²) in [5.41, 5.74) is 0. The van der Waals surface area contributed by atoms with E-state index in [1.54, 1.807) is 0 Å². The fourth-order valence-electron chi connectivity index (χ4n) is 0.491. The monoisotopic (exact) mass is 318 g/mol. The predicted octanol–water partition coefficient (Wildman–Crippen LogP) is 2.16. The van der Waals surface area contributed by atoms with Gasteiger partial charge in [0.05, 0.1) is 0 Å². The van der Waals surface area contributed by atoms with Gasteiger partial charge in [0, 0.05) is 0 Å². The first-order valence-corrected chi connectivity index (χ1v) is 7.50. The Morgan fingerprint density at radius 3 is 1.83 bits per heavy atom. The van der Waals surface area contributed by atoms with Crippen molar-refractivity contribution in [3.8, 4) is 0 Å². The number of hydrogen-bond donors (Lipinski definition) is 0. The minimum atomic E-state index is -2.38. The topological polar surface area (TPSA) is 27.7 Å². The zero-order valence-corrected chi connectivity index (χ0v) is 11.6. The molecule has 12 heavy (non-hydrogen) atoms. The van der Waals surface area contributed by atoms with Crippen LogP contribution in [-0.2, 0) is 23.7 Å². The maximum atomic E-state index is 5.32. The molecule has 2 radical (unpaired) electrons. The standard InChI is InChI=1S/C6H15O3PS.Sb/c1-3-5-8-10(7,11)9-6-4-2;/h3-6H2,1-2H3,(H,7,11);/q;+1/p-1. The Bertz CT molecular complexity index is 144. The van der Waals surface area contributed by atoms with Gasteiger partial charge < -0.3 is 0 Å². The molecule has 0 amide bonds. The summed E-state index contributed by atoms with van der Waals surface area (Å²) in [5.74, 6) is 0. The molecule has 0 aliphatic rings. The van der Waals surface area contributed by atoms with Gasteiger partial charge in [0.15, 0.2) is 0 Å². The SMILES string of the molecule is CCCOP(=S)([O][Sb])OCCC. The summed E-state index contributed by atoms with van der Waals surface area (Å²) in [4.78, 5) is 0. The Morgan fingerprint density at radius 2 is 1.58 bits per heavy atom. The second-order valence-electron chi connectivity index (χ2n) is 2.20. The molecule has 0 atom stereocenters. The summed E-state index contributed by atoms with van der Waals surface area (Å²) in [6, 6.07) is 0. The first-order chi connectivity index (χ1) is 5.68. The van der Waals surface area contributed by atoms with Crippen molar-refractivity contribution >= 4 is 42.0 Å². The van der Waals surface area contributed by atoms with E-state index in [0.717, 1.165) is 12.8 Å². The Labute approximate surface area is 93.5 Å². The van der Waals surface area contributed by atoms with Gasteiger partial charge in [0.25, 0.3) is 0 Å². The normalized spacial score (nSPS) is 11.9. The molecule has 0 aromatic rings. The molecule has 3 nitrogen and oxygen atoms in total. The summed E-state index contributed by atoms with van der Waals surface area (Å²) in [5, 5.41) is 0. The molecule has 0 spiro atoms. The molecule has 0 N–H and O–H groups in total. The summed E-state index contributed by atoms with van der Waals surface area (Å²) in [6.07, 6.45) is 1.87. The molecule has 6 heteroatoms. The zero-order chi connectivity index (χ0) is 9.45. The second kappa shape index (κ2) is 7.72. The fourth-order valence-corrected chi connectivity index (χ4v) is 2.73. The van der Waals surface area contributed by atoms with Crippen LogP contribution in [0, 0.1) is 0 Å². The zero-order valence-electron chi connectivity index (χ0n) is 7.36. The van der Waals surface area contributed by atoms with Crippen LogP contribution >= 0.6 is 6.72 Å². The maximum absolute atomic E-state index is 5.32. The molecular weight excluding hydrogens is 305 g/mol. The Hall–Kier alpha value is 1.35. The quantitative estimate of drug-likeness (QED) is 0.531. The van der Waals surface area contributed by atoms with E-state index < -0.39 is 6.72 Å². The van der Waals surface area contributed by atoms with Crippen LogP contribution in [0.5, 0.6) is 0 Å². The van der Waals surface area contributed by atoms with Gasteiger partial charge in [-0.1, -0.05) is 0 Å². The van der Waals surface area contributed by atoms with Gasteiger partial charge >= 0.3 is 93.7 Å². The molecule has 0 heterocycles. The first kappa shape index (κ1) is 13.3. The molecule has 72 valence electrons. The third kappa shape index (κ3) is 5.90. The summed E-state index contributed by atoms with van der Waals surface area (Å²) in [7, 11) is 0. The van der Waals surface area contributed by atoms with E-state index in [0.29, 0.717) is 13.2 Å². The van der Waals surface area contributed by atoms with Crippen LogP contribution < -0.4 is 0 Å². The van der Waals surface area contributed by atoms with Gasteiger partial charge in [0.1, 0.15) is 0 Å². The molecule has 0 rings (SSSR count). The van der Waals surface area contributed by atoms with Gasteiger partial charge in [-0.05, 0) is 0 Å². The van der Waals surface area contributed by atoms with Gasteiger partial charge in [-0.25, -0.2) is 0 Å². The van der Waals surface area contributed by atoms with Crippen molar-refractivity contribution in [1.82, 2.24) is 0 Å². The van der Waals surface area contributed by atoms with E-state index in [4.69, 9.17) is 23.7 Å². The molecule has 0 unspecified atom stereocenters. The summed E-state index contributed by atoms with van der Waals surface area (Å²) >= 11 is 6.28. The van der Waals surface area contributed by atoms with Crippen molar-refractivity contribution in [3.05, 3.63) is 0 Å².